The molecule has 1 aliphatic rings. The molecule has 2 atom stereocenters. The van der Waals surface area contributed by atoms with E-state index in [-0.39, 0.29) is 34.6 Å². The van der Waals surface area contributed by atoms with Crippen LogP contribution in [0.4, 0.5) is 11.4 Å². The topological polar surface area (TPSA) is 169 Å². The molecule has 7 rings (SSSR count). The van der Waals surface area contributed by atoms with Crippen molar-refractivity contribution in [1.29, 1.82) is 0 Å². The molecule has 0 saturated heterocycles. The van der Waals surface area contributed by atoms with Gasteiger partial charge in [-0.1, -0.05) is 0 Å². The molecule has 0 aromatic carbocycles. The summed E-state index contributed by atoms with van der Waals surface area (Å²) in [4.78, 5) is 55.5. The van der Waals surface area contributed by atoms with Crippen molar-refractivity contribution in [2.24, 2.45) is 0 Å². The number of rotatable bonds is 9. The number of methoxy groups -OCH3 is 1. The summed E-state index contributed by atoms with van der Waals surface area (Å²) in [7, 11) is 1.63. The number of anilines is 2. The molecule has 13 nitrogen and oxygen atoms in total. The van der Waals surface area contributed by atoms with Crippen LogP contribution in [0.2, 0.25) is 0 Å². The van der Waals surface area contributed by atoms with Crippen LogP contribution in [-0.2, 0) is 11.3 Å². The van der Waals surface area contributed by atoms with Crippen LogP contribution in [-0.4, -0.2) is 58.8 Å². The molecule has 6 heterocycles. The highest BCUT2D eigenvalue weighted by Crippen LogP contribution is 2.40. The first kappa shape index (κ1) is 27.2. The van der Waals surface area contributed by atoms with Gasteiger partial charge >= 0.3 is 0 Å². The number of ether oxygens (including phenoxy) is 1. The van der Waals surface area contributed by atoms with Gasteiger partial charge in [-0.2, -0.15) is 0 Å². The Morgan fingerprint density at radius 3 is 2.56 bits per heavy atom. The summed E-state index contributed by atoms with van der Waals surface area (Å²) in [6.45, 7) is 2.85. The van der Waals surface area contributed by atoms with E-state index in [1.807, 2.05) is 18.4 Å². The summed E-state index contributed by atoms with van der Waals surface area (Å²) in [5, 5.41) is 6.44. The fourth-order valence-electron chi connectivity index (χ4n) is 5.16. The number of nitrogens with one attached hydrogen (secondary N) is 1. The average Bonchev–Trinajstić information content (AvgIpc) is 3.32. The molecule has 0 spiro atoms. The lowest BCUT2D eigenvalue weighted by molar-refractivity contribution is 0.190. The molecule has 0 amide bonds. The summed E-state index contributed by atoms with van der Waals surface area (Å²) in [5.41, 5.74) is 9.30. The Labute approximate surface area is 252 Å². The molecule has 43 heavy (non-hydrogen) atoms. The van der Waals surface area contributed by atoms with Crippen molar-refractivity contribution >= 4 is 56.4 Å². The third kappa shape index (κ3) is 4.84. The van der Waals surface area contributed by atoms with E-state index in [9.17, 15) is 9.59 Å². The van der Waals surface area contributed by atoms with Crippen LogP contribution in [0.3, 0.4) is 0 Å². The summed E-state index contributed by atoms with van der Waals surface area (Å²) < 4.78 is 8.52. The molecule has 0 aliphatic heterocycles. The van der Waals surface area contributed by atoms with Crippen molar-refractivity contribution in [3.63, 3.8) is 0 Å². The van der Waals surface area contributed by atoms with Gasteiger partial charge in [0.05, 0.1) is 17.4 Å². The Morgan fingerprint density at radius 1 is 1.00 bits per heavy atom. The molecule has 1 aliphatic carbocycles. The lowest BCUT2D eigenvalue weighted by atomic mass is 10.3. The monoisotopic (exact) mass is 614 g/mol. The Morgan fingerprint density at radius 2 is 1.79 bits per heavy atom. The first-order chi connectivity index (χ1) is 20.9. The minimum absolute atomic E-state index is 0.123. The van der Waals surface area contributed by atoms with E-state index in [2.05, 4.69) is 30.2 Å². The zero-order chi connectivity index (χ0) is 29.7. The lowest BCUT2D eigenvalue weighted by Crippen LogP contribution is -2.26. The highest BCUT2D eigenvalue weighted by molar-refractivity contribution is 7.14. The van der Waals surface area contributed by atoms with E-state index >= 15 is 0 Å². The molecule has 15 heteroatoms. The first-order valence-corrected chi connectivity index (χ1v) is 15.3. The van der Waals surface area contributed by atoms with E-state index in [4.69, 9.17) is 15.5 Å². The van der Waals surface area contributed by atoms with Crippen LogP contribution in [0.5, 0.6) is 0 Å². The maximum Gasteiger partial charge on any atom is 0.281 e. The number of nitrogen functional groups attached to an aromatic ring is 1. The second-order valence-corrected chi connectivity index (χ2v) is 12.3. The van der Waals surface area contributed by atoms with E-state index in [0.717, 1.165) is 4.88 Å². The Balaban J connectivity index is 1.30. The quantitative estimate of drug-likeness (QED) is 0.229. The Kier molecular flexibility index (Phi) is 6.91. The molecule has 6 aromatic heterocycles. The summed E-state index contributed by atoms with van der Waals surface area (Å²) in [6.07, 6.45) is 7.89. The highest BCUT2D eigenvalue weighted by Gasteiger charge is 2.42. The number of pyridine rings is 2. The standard InChI is InChI=1S/C28H26N10O3S2/c1-14-13-33-26(43-14)22-28(40)38(24-19(35-22)15(29)4-6-31-24)18-12-17(18)34-16-5-7-30-23-20(16)36-21(25-32-8-11-42-25)27(39)37(23)9-3-10-41-2/h4-8,11,13,17-18H,3,9-10,12H2,1-2H3,(H2,29,31)(H,30,34). The van der Waals surface area contributed by atoms with E-state index in [1.54, 1.807) is 47.1 Å². The van der Waals surface area contributed by atoms with Crippen LogP contribution in [0.1, 0.15) is 23.8 Å². The van der Waals surface area contributed by atoms with Gasteiger partial charge in [-0.15, -0.1) is 22.7 Å². The van der Waals surface area contributed by atoms with Crippen molar-refractivity contribution in [1.82, 2.24) is 39.0 Å². The summed E-state index contributed by atoms with van der Waals surface area (Å²) >= 11 is 2.76. The van der Waals surface area contributed by atoms with E-state index < -0.39 is 0 Å². The van der Waals surface area contributed by atoms with Gasteiger partial charge in [-0.05, 0) is 31.9 Å². The molecule has 1 fully saturated rings. The number of thiazole rings is 2. The van der Waals surface area contributed by atoms with Gasteiger partial charge in [0.1, 0.15) is 21.0 Å². The molecule has 0 radical (unpaired) electrons. The summed E-state index contributed by atoms with van der Waals surface area (Å²) in [6, 6.07) is 3.15. The molecule has 3 N–H and O–H groups in total. The second-order valence-electron chi connectivity index (χ2n) is 10.2. The molecule has 1 saturated carbocycles. The summed E-state index contributed by atoms with van der Waals surface area (Å²) in [5.74, 6) is 0. The third-order valence-electron chi connectivity index (χ3n) is 7.26. The molecule has 0 bridgehead atoms. The Hall–Kier alpha value is -4.60. The maximum absolute atomic E-state index is 13.9. The highest BCUT2D eigenvalue weighted by atomic mass is 32.1. The van der Waals surface area contributed by atoms with Crippen molar-refractivity contribution < 1.29 is 4.74 Å². The predicted molar refractivity (Wildman–Crippen MR) is 167 cm³/mol. The van der Waals surface area contributed by atoms with Crippen LogP contribution in [0.15, 0.2) is 51.9 Å². The van der Waals surface area contributed by atoms with Gasteiger partial charge in [0, 0.05) is 61.3 Å². The molecule has 218 valence electrons. The van der Waals surface area contributed by atoms with Gasteiger partial charge < -0.3 is 15.8 Å². The van der Waals surface area contributed by atoms with Gasteiger partial charge in [0.2, 0.25) is 0 Å². The number of hydrogen-bond acceptors (Lipinski definition) is 13. The zero-order valence-electron chi connectivity index (χ0n) is 23.2. The first-order valence-electron chi connectivity index (χ1n) is 13.6. The number of aryl methyl sites for hydroxylation is 2. The van der Waals surface area contributed by atoms with Crippen LogP contribution >= 0.6 is 22.7 Å². The van der Waals surface area contributed by atoms with Crippen molar-refractivity contribution in [2.45, 2.75) is 38.4 Å². The fraction of sp³-hybridized carbons (Fsp3) is 0.286. The van der Waals surface area contributed by atoms with Gasteiger partial charge in [0.15, 0.2) is 22.7 Å². The minimum atomic E-state index is -0.273. The lowest BCUT2D eigenvalue weighted by Gasteiger charge is -2.15. The maximum atomic E-state index is 13.9. The second kappa shape index (κ2) is 10.9. The predicted octanol–water partition coefficient (Wildman–Crippen LogP) is 3.50. The van der Waals surface area contributed by atoms with Gasteiger partial charge in [-0.3, -0.25) is 18.7 Å². The molecule has 2 unspecified atom stereocenters. The van der Waals surface area contributed by atoms with Crippen LogP contribution in [0, 0.1) is 6.92 Å². The number of hydrogen-bond donors (Lipinski definition) is 2. The van der Waals surface area contributed by atoms with E-state index in [0.29, 0.717) is 69.7 Å². The number of aromatic nitrogens is 8. The molecular formula is C28H26N10O3S2. The number of fused-ring (bicyclic) bond motifs is 2. The number of nitrogens with zero attached hydrogens (tertiary/aromatic N) is 8. The Bertz CT molecular complexity index is 2100. The molecule has 6 aromatic rings. The average molecular weight is 615 g/mol. The van der Waals surface area contributed by atoms with Crippen molar-refractivity contribution in [3.8, 4) is 21.4 Å². The molecular weight excluding hydrogens is 589 g/mol. The van der Waals surface area contributed by atoms with Crippen molar-refractivity contribution in [2.75, 3.05) is 24.8 Å². The van der Waals surface area contributed by atoms with Crippen LogP contribution in [0.25, 0.3) is 43.7 Å². The normalized spacial score (nSPS) is 16.2. The van der Waals surface area contributed by atoms with Crippen LogP contribution < -0.4 is 22.2 Å². The SMILES string of the molecule is COCCCn1c(=O)c(-c2nccs2)nc2c(NC3CC3n3c(=O)c(-c4ncc(C)s4)nc4c(N)ccnc43)ccnc21. The zero-order valence-corrected chi connectivity index (χ0v) is 24.9. The minimum Gasteiger partial charge on any atom is -0.397 e. The largest absolute Gasteiger partial charge is 0.397 e. The third-order valence-corrected chi connectivity index (χ3v) is 8.96. The number of nitrogens with two attached hydrogens (primary N) is 1. The fourth-order valence-corrected chi connectivity index (χ4v) is 6.52. The van der Waals surface area contributed by atoms with Gasteiger partial charge in [0.25, 0.3) is 11.1 Å². The van der Waals surface area contributed by atoms with E-state index in [1.165, 1.54) is 22.7 Å². The van der Waals surface area contributed by atoms with Gasteiger partial charge in [-0.25, -0.2) is 29.9 Å². The smallest absolute Gasteiger partial charge is 0.281 e. The van der Waals surface area contributed by atoms with Crippen molar-refractivity contribution in [3.05, 3.63) is 67.9 Å².